The smallest absolute Gasteiger partial charge is 0.166 e. The van der Waals surface area contributed by atoms with E-state index in [-0.39, 0.29) is 35.5 Å². The van der Waals surface area contributed by atoms with Crippen LogP contribution in [0.1, 0.15) is 37.2 Å². The number of hydrogen-bond acceptors (Lipinski definition) is 3. The molecule has 2 aromatic carbocycles. The average molecular weight is 473 g/mol. The third-order valence-corrected chi connectivity index (χ3v) is 5.71. The number of allylic oxidation sites excluding steroid dienone is 1. The highest BCUT2D eigenvalue weighted by Gasteiger charge is 2.25. The molecule has 1 fully saturated rings. The van der Waals surface area contributed by atoms with Gasteiger partial charge >= 0.3 is 0 Å². The molecule has 34 heavy (non-hydrogen) atoms. The van der Waals surface area contributed by atoms with Crippen LogP contribution in [0.3, 0.4) is 0 Å². The molecule has 0 spiro atoms. The minimum Gasteiger partial charge on any atom is -0.497 e. The Bertz CT molecular complexity index is 1020. The number of halogens is 3. The fourth-order valence-electron chi connectivity index (χ4n) is 3.76. The first-order valence-corrected chi connectivity index (χ1v) is 11.0. The molecule has 2 aromatic rings. The fourth-order valence-corrected chi connectivity index (χ4v) is 3.76. The molecule has 0 saturated heterocycles. The second-order valence-corrected chi connectivity index (χ2v) is 7.92. The highest BCUT2D eigenvalue weighted by atomic mass is 19.2. The summed E-state index contributed by atoms with van der Waals surface area (Å²) in [5.74, 6) is -1.80. The van der Waals surface area contributed by atoms with Crippen LogP contribution in [0.25, 0.3) is 11.1 Å². The molecule has 0 bridgehead atoms. The number of methoxy groups -OCH3 is 1. The van der Waals surface area contributed by atoms with Crippen molar-refractivity contribution in [3.8, 4) is 16.9 Å². The maximum Gasteiger partial charge on any atom is 0.166 e. The van der Waals surface area contributed by atoms with Crippen molar-refractivity contribution in [2.45, 2.75) is 37.7 Å². The molecule has 0 radical (unpaired) electrons. The zero-order valence-corrected chi connectivity index (χ0v) is 19.5. The summed E-state index contributed by atoms with van der Waals surface area (Å²) in [4.78, 5) is 0. The van der Waals surface area contributed by atoms with Crippen LogP contribution in [0.2, 0.25) is 0 Å². The third-order valence-electron chi connectivity index (χ3n) is 5.71. The number of aliphatic hydroxyl groups is 1. The molecule has 0 unspecified atom stereocenters. The van der Waals surface area contributed by atoms with Gasteiger partial charge < -0.3 is 14.6 Å². The first-order chi connectivity index (χ1) is 16.3. The second-order valence-electron chi connectivity index (χ2n) is 7.92. The Morgan fingerprint density at radius 3 is 2.21 bits per heavy atom. The lowest BCUT2D eigenvalue weighted by Gasteiger charge is -2.26. The number of rotatable bonds is 8. The molecule has 0 amide bonds. The van der Waals surface area contributed by atoms with Crippen molar-refractivity contribution in [3.63, 3.8) is 0 Å². The molecule has 1 aliphatic rings. The van der Waals surface area contributed by atoms with Gasteiger partial charge in [-0.15, -0.1) is 13.2 Å². The Hall–Kier alpha value is -3.25. The summed E-state index contributed by atoms with van der Waals surface area (Å²) in [5.41, 5.74) is 1.14. The van der Waals surface area contributed by atoms with E-state index in [0.29, 0.717) is 42.6 Å². The maximum absolute atomic E-state index is 14.8. The lowest BCUT2D eigenvalue weighted by Crippen LogP contribution is -2.18. The van der Waals surface area contributed by atoms with E-state index in [4.69, 9.17) is 9.47 Å². The summed E-state index contributed by atoms with van der Waals surface area (Å²) in [6.07, 6.45) is 3.25. The first-order valence-electron chi connectivity index (χ1n) is 11.0. The van der Waals surface area contributed by atoms with E-state index in [1.807, 2.05) is 0 Å². The molecule has 0 aliphatic heterocycles. The zero-order chi connectivity index (χ0) is 25.3. The van der Waals surface area contributed by atoms with Crippen LogP contribution < -0.4 is 4.74 Å². The monoisotopic (exact) mass is 472 g/mol. The fraction of sp³-hybridized carbons (Fsp3) is 0.286. The highest BCUT2D eigenvalue weighted by Crippen LogP contribution is 2.37. The molecule has 0 heterocycles. The Morgan fingerprint density at radius 2 is 1.62 bits per heavy atom. The van der Waals surface area contributed by atoms with E-state index in [0.717, 1.165) is 6.08 Å². The van der Waals surface area contributed by atoms with Gasteiger partial charge in [-0.2, -0.15) is 0 Å². The Balaban J connectivity index is 0.00000199. The van der Waals surface area contributed by atoms with Crippen LogP contribution in [-0.4, -0.2) is 24.9 Å². The van der Waals surface area contributed by atoms with Gasteiger partial charge in [0.15, 0.2) is 11.6 Å². The summed E-state index contributed by atoms with van der Waals surface area (Å²) in [6.45, 7) is 13.0. The van der Waals surface area contributed by atoms with Crippen molar-refractivity contribution >= 4 is 0 Å². The van der Waals surface area contributed by atoms with Gasteiger partial charge in [0.1, 0.15) is 23.9 Å². The third kappa shape index (κ3) is 6.87. The molecular weight excluding hydrogens is 441 g/mol. The lowest BCUT2D eigenvalue weighted by atomic mass is 9.82. The van der Waals surface area contributed by atoms with E-state index in [1.165, 1.54) is 7.11 Å². The Labute approximate surface area is 199 Å². The van der Waals surface area contributed by atoms with Crippen LogP contribution >= 0.6 is 0 Å². The number of ether oxygens (including phenoxy) is 2. The average Bonchev–Trinajstić information content (AvgIpc) is 2.86. The summed E-state index contributed by atoms with van der Waals surface area (Å²) in [6, 6.07) is 9.65. The molecule has 1 N–H and O–H groups in total. The zero-order valence-electron chi connectivity index (χ0n) is 19.5. The molecule has 3 rings (SSSR count). The highest BCUT2D eigenvalue weighted by molar-refractivity contribution is 5.65. The maximum atomic E-state index is 14.8. The van der Waals surface area contributed by atoms with Gasteiger partial charge in [-0.3, -0.25) is 0 Å². The molecular formula is C28H31F3O3. The minimum atomic E-state index is -0.888. The van der Waals surface area contributed by atoms with Crippen LogP contribution in [0.4, 0.5) is 13.2 Å². The summed E-state index contributed by atoms with van der Waals surface area (Å²) in [5, 5.41) is 9.64. The first kappa shape index (κ1) is 27.0. The largest absolute Gasteiger partial charge is 0.497 e. The number of hydrogen-bond donors (Lipinski definition) is 1. The van der Waals surface area contributed by atoms with Gasteiger partial charge in [-0.1, -0.05) is 37.4 Å². The predicted octanol–water partition coefficient (Wildman–Crippen LogP) is 7.40. The minimum absolute atomic E-state index is 0.0821. The summed E-state index contributed by atoms with van der Waals surface area (Å²) >= 11 is 0. The van der Waals surface area contributed by atoms with E-state index < -0.39 is 17.5 Å². The van der Waals surface area contributed by atoms with Gasteiger partial charge in [0.05, 0.1) is 13.2 Å². The van der Waals surface area contributed by atoms with Crippen molar-refractivity contribution in [1.82, 2.24) is 0 Å². The predicted molar refractivity (Wildman–Crippen MR) is 130 cm³/mol. The molecule has 1 saturated carbocycles. The van der Waals surface area contributed by atoms with Crippen molar-refractivity contribution in [2.75, 3.05) is 13.7 Å². The van der Waals surface area contributed by atoms with Crippen molar-refractivity contribution < 1.29 is 27.8 Å². The molecule has 6 heteroatoms. The molecule has 3 nitrogen and oxygen atoms in total. The van der Waals surface area contributed by atoms with E-state index >= 15 is 0 Å². The topological polar surface area (TPSA) is 38.7 Å². The normalized spacial score (nSPS) is 17.9. The molecule has 0 aromatic heterocycles. The SMILES string of the molecule is C=C.C=C(/C=C(/F)C(=C)COc1ccc(-c2ccc(C3CCC(O)CC3)c(F)c2F)cc1)OC. The van der Waals surface area contributed by atoms with Crippen LogP contribution in [0, 0.1) is 11.6 Å². The van der Waals surface area contributed by atoms with E-state index in [2.05, 4.69) is 26.3 Å². The van der Waals surface area contributed by atoms with Gasteiger partial charge in [-0.05, 0) is 54.9 Å². The van der Waals surface area contributed by atoms with Crippen molar-refractivity contribution in [1.29, 1.82) is 0 Å². The van der Waals surface area contributed by atoms with Crippen LogP contribution in [0.15, 0.2) is 85.9 Å². The molecule has 1 aliphatic carbocycles. The quantitative estimate of drug-likeness (QED) is 0.247. The summed E-state index contributed by atoms with van der Waals surface area (Å²) < 4.78 is 53.9. The molecule has 0 atom stereocenters. The Morgan fingerprint density at radius 1 is 1.00 bits per heavy atom. The number of aliphatic hydroxyl groups excluding tert-OH is 1. The molecule has 182 valence electrons. The van der Waals surface area contributed by atoms with E-state index in [1.54, 1.807) is 36.4 Å². The lowest BCUT2D eigenvalue weighted by molar-refractivity contribution is 0.122. The van der Waals surface area contributed by atoms with Gasteiger partial charge in [0, 0.05) is 17.2 Å². The van der Waals surface area contributed by atoms with Crippen molar-refractivity contribution in [2.24, 2.45) is 0 Å². The van der Waals surface area contributed by atoms with Gasteiger partial charge in [0.2, 0.25) is 0 Å². The van der Waals surface area contributed by atoms with Crippen molar-refractivity contribution in [3.05, 3.63) is 103 Å². The van der Waals surface area contributed by atoms with Crippen LogP contribution in [-0.2, 0) is 4.74 Å². The second kappa shape index (κ2) is 12.8. The van der Waals surface area contributed by atoms with Crippen LogP contribution in [0.5, 0.6) is 5.75 Å². The summed E-state index contributed by atoms with van der Waals surface area (Å²) in [7, 11) is 1.39. The number of benzene rings is 2. The van der Waals surface area contributed by atoms with Gasteiger partial charge in [-0.25, -0.2) is 13.2 Å². The Kier molecular flexibility index (Phi) is 10.2. The standard InChI is InChI=1S/C26H27F3O3.C2H4/c1-16(24(27)14-17(2)31-3)15-32-21-10-6-19(7-11-21)23-13-12-22(25(28)26(23)29)18-4-8-20(30)9-5-18;1-2/h6-7,10-14,18,20,30H,1-2,4-5,8-9,15H2,3H3;1-2H2/b24-14+;. The van der Waals surface area contributed by atoms with Gasteiger partial charge in [0.25, 0.3) is 0 Å². The van der Waals surface area contributed by atoms with E-state index in [9.17, 15) is 18.3 Å².